The first kappa shape index (κ1) is 28.6. The molecule has 0 unspecified atom stereocenters. The van der Waals surface area contributed by atoms with Gasteiger partial charge in [0.25, 0.3) is 5.91 Å². The number of carbonyl (C=O) groups is 1. The summed E-state index contributed by atoms with van der Waals surface area (Å²) in [5, 5.41) is 13.7. The SMILES string of the molecule is CC1(C)O[C@H]2[C@H](n3ccc(NC(=O)c4ccccc4)nc3=O)O[C@H](CO[Si](C)(C)C(C)(C)C)[C@@H](O)C[C@H]2O1. The van der Waals surface area contributed by atoms with Gasteiger partial charge in [-0.05, 0) is 50.2 Å². The number of hydrogen-bond donors (Lipinski definition) is 2. The molecule has 1 amide bonds. The highest BCUT2D eigenvalue weighted by atomic mass is 28.4. The molecule has 2 saturated heterocycles. The maximum absolute atomic E-state index is 13.2. The van der Waals surface area contributed by atoms with Crippen LogP contribution in [0.15, 0.2) is 47.4 Å². The van der Waals surface area contributed by atoms with Crippen molar-refractivity contribution < 1.29 is 28.5 Å². The van der Waals surface area contributed by atoms with Crippen molar-refractivity contribution in [2.75, 3.05) is 11.9 Å². The van der Waals surface area contributed by atoms with Crippen LogP contribution in [0, 0.1) is 0 Å². The van der Waals surface area contributed by atoms with Gasteiger partial charge in [-0.2, -0.15) is 4.98 Å². The van der Waals surface area contributed by atoms with E-state index in [9.17, 15) is 14.7 Å². The fourth-order valence-electron chi connectivity index (χ4n) is 4.36. The Balaban J connectivity index is 1.59. The molecule has 2 N–H and O–H groups in total. The minimum atomic E-state index is -2.12. The first-order chi connectivity index (χ1) is 17.7. The second-order valence-corrected chi connectivity index (χ2v) is 16.7. The number of aliphatic hydroxyl groups is 1. The maximum Gasteiger partial charge on any atom is 0.351 e. The number of hydrogen-bond acceptors (Lipinski definition) is 8. The van der Waals surface area contributed by atoms with Gasteiger partial charge in [-0.3, -0.25) is 9.36 Å². The summed E-state index contributed by atoms with van der Waals surface area (Å²) < 4.78 is 26.3. The number of rotatable bonds is 6. The third-order valence-electron chi connectivity index (χ3n) is 7.52. The molecule has 4 rings (SSSR count). The molecular weight excluding hydrogens is 506 g/mol. The molecule has 2 aromatic rings. The summed E-state index contributed by atoms with van der Waals surface area (Å²) >= 11 is 0. The van der Waals surface area contributed by atoms with Crippen LogP contribution in [0.25, 0.3) is 0 Å². The van der Waals surface area contributed by atoms with E-state index in [4.69, 9.17) is 18.6 Å². The molecule has 38 heavy (non-hydrogen) atoms. The van der Waals surface area contributed by atoms with Gasteiger partial charge in [0, 0.05) is 18.2 Å². The van der Waals surface area contributed by atoms with E-state index in [-0.39, 0.29) is 29.8 Å². The van der Waals surface area contributed by atoms with Gasteiger partial charge in [-0.1, -0.05) is 39.0 Å². The number of aliphatic hydroxyl groups excluding tert-OH is 1. The summed E-state index contributed by atoms with van der Waals surface area (Å²) in [6.45, 7) is 14.4. The molecule has 0 spiro atoms. The second kappa shape index (κ2) is 10.6. The number of amides is 1. The zero-order valence-electron chi connectivity index (χ0n) is 23.1. The minimum Gasteiger partial charge on any atom is -0.414 e. The van der Waals surface area contributed by atoms with Gasteiger partial charge < -0.3 is 29.1 Å². The fourth-order valence-corrected chi connectivity index (χ4v) is 5.37. The Kier molecular flexibility index (Phi) is 8.00. The van der Waals surface area contributed by atoms with Gasteiger partial charge >= 0.3 is 5.69 Å². The Morgan fingerprint density at radius 1 is 1.21 bits per heavy atom. The van der Waals surface area contributed by atoms with Gasteiger partial charge in [0.15, 0.2) is 20.3 Å². The van der Waals surface area contributed by atoms with Crippen LogP contribution in [-0.2, 0) is 18.6 Å². The van der Waals surface area contributed by atoms with Crippen molar-refractivity contribution in [1.29, 1.82) is 0 Å². The Hall–Kier alpha value is -2.41. The molecule has 11 heteroatoms. The second-order valence-electron chi connectivity index (χ2n) is 11.9. The monoisotopic (exact) mass is 545 g/mol. The summed E-state index contributed by atoms with van der Waals surface area (Å²) in [5.41, 5.74) is -0.181. The van der Waals surface area contributed by atoms with Crippen molar-refractivity contribution in [1.82, 2.24) is 9.55 Å². The van der Waals surface area contributed by atoms with E-state index in [2.05, 4.69) is 44.2 Å². The molecule has 0 bridgehead atoms. The highest BCUT2D eigenvalue weighted by Gasteiger charge is 2.51. The van der Waals surface area contributed by atoms with Crippen LogP contribution >= 0.6 is 0 Å². The first-order valence-corrected chi connectivity index (χ1v) is 15.9. The molecule has 1 aromatic heterocycles. The van der Waals surface area contributed by atoms with E-state index in [1.54, 1.807) is 38.1 Å². The number of ether oxygens (including phenoxy) is 3. The number of benzene rings is 1. The Bertz CT molecular complexity index is 1200. The van der Waals surface area contributed by atoms with Crippen LogP contribution in [-0.4, -0.2) is 65.7 Å². The Morgan fingerprint density at radius 2 is 1.89 bits per heavy atom. The van der Waals surface area contributed by atoms with Gasteiger partial charge in [0.1, 0.15) is 18.0 Å². The molecule has 5 atom stereocenters. The van der Waals surface area contributed by atoms with E-state index >= 15 is 0 Å². The van der Waals surface area contributed by atoms with Crippen molar-refractivity contribution in [3.8, 4) is 0 Å². The lowest BCUT2D eigenvalue weighted by Gasteiger charge is -2.38. The number of nitrogens with one attached hydrogen (secondary N) is 1. The smallest absolute Gasteiger partial charge is 0.351 e. The van der Waals surface area contributed by atoms with E-state index < -0.39 is 50.4 Å². The molecule has 3 heterocycles. The third-order valence-corrected chi connectivity index (χ3v) is 12.0. The average molecular weight is 546 g/mol. The first-order valence-electron chi connectivity index (χ1n) is 13.0. The Labute approximate surface area is 224 Å². The quantitative estimate of drug-likeness (QED) is 0.528. The number of fused-ring (bicyclic) bond motifs is 1. The van der Waals surface area contributed by atoms with E-state index in [0.29, 0.717) is 5.56 Å². The lowest BCUT2D eigenvalue weighted by Crippen LogP contribution is -2.46. The summed E-state index contributed by atoms with van der Waals surface area (Å²) in [6.07, 6.45) is -1.92. The molecule has 0 aliphatic carbocycles. The zero-order valence-corrected chi connectivity index (χ0v) is 24.1. The molecule has 0 saturated carbocycles. The lowest BCUT2D eigenvalue weighted by atomic mass is 10.0. The fraction of sp³-hybridized carbons (Fsp3) is 0.593. The van der Waals surface area contributed by atoms with Crippen molar-refractivity contribution in [3.05, 3.63) is 58.6 Å². The maximum atomic E-state index is 13.2. The van der Waals surface area contributed by atoms with E-state index in [1.165, 1.54) is 16.8 Å². The average Bonchev–Trinajstić information content (AvgIpc) is 3.06. The Morgan fingerprint density at radius 3 is 2.53 bits per heavy atom. The zero-order chi connectivity index (χ0) is 27.9. The van der Waals surface area contributed by atoms with Gasteiger partial charge in [0.2, 0.25) is 0 Å². The predicted octanol–water partition coefficient (Wildman–Crippen LogP) is 3.69. The molecule has 2 fully saturated rings. The minimum absolute atomic E-state index is 0.0181. The molecule has 0 radical (unpaired) electrons. The molecule has 2 aliphatic heterocycles. The van der Waals surface area contributed by atoms with E-state index in [0.717, 1.165) is 0 Å². The largest absolute Gasteiger partial charge is 0.414 e. The predicted molar refractivity (Wildman–Crippen MR) is 144 cm³/mol. The van der Waals surface area contributed by atoms with Gasteiger partial charge in [0.05, 0.1) is 18.8 Å². The third kappa shape index (κ3) is 6.24. The normalized spacial score (nSPS) is 27.4. The summed E-state index contributed by atoms with van der Waals surface area (Å²) in [4.78, 5) is 29.8. The van der Waals surface area contributed by atoms with Crippen molar-refractivity contribution in [3.63, 3.8) is 0 Å². The summed E-state index contributed by atoms with van der Waals surface area (Å²) in [7, 11) is -2.12. The van der Waals surface area contributed by atoms with Crippen LogP contribution in [0.2, 0.25) is 18.1 Å². The number of carbonyl (C=O) groups excluding carboxylic acids is 1. The summed E-state index contributed by atoms with van der Waals surface area (Å²) in [6, 6.07) is 10.2. The standard InChI is InChI=1S/C27H39N3O7Si/c1-26(2,3)38(6,7)34-16-20-18(31)15-19-22(37-27(4,5)36-19)24(35-20)30-14-13-21(29-25(30)33)28-23(32)17-11-9-8-10-12-17/h8-14,18-20,22,24,31H,15-16H2,1-7H3,(H,28,29,32,33)/t18-,19+,20+,22+,24+/m0/s1. The molecule has 1 aromatic carbocycles. The van der Waals surface area contributed by atoms with Crippen LogP contribution in [0.4, 0.5) is 5.82 Å². The van der Waals surface area contributed by atoms with Crippen molar-refractivity contribution in [2.45, 2.75) is 95.6 Å². The molecular formula is C27H39N3O7Si. The van der Waals surface area contributed by atoms with Crippen molar-refractivity contribution in [2.24, 2.45) is 0 Å². The van der Waals surface area contributed by atoms with Crippen molar-refractivity contribution >= 4 is 20.0 Å². The highest BCUT2D eigenvalue weighted by molar-refractivity contribution is 6.74. The lowest BCUT2D eigenvalue weighted by molar-refractivity contribution is -0.195. The molecule has 208 valence electrons. The topological polar surface area (TPSA) is 121 Å². The number of aromatic nitrogens is 2. The van der Waals surface area contributed by atoms with Crippen LogP contribution in [0.1, 0.15) is 57.6 Å². The van der Waals surface area contributed by atoms with E-state index in [1.807, 2.05) is 6.07 Å². The van der Waals surface area contributed by atoms with Gasteiger partial charge in [-0.25, -0.2) is 4.79 Å². The number of anilines is 1. The highest BCUT2D eigenvalue weighted by Crippen LogP contribution is 2.41. The molecule has 2 aliphatic rings. The van der Waals surface area contributed by atoms with Gasteiger partial charge in [-0.15, -0.1) is 0 Å². The van der Waals surface area contributed by atoms with Crippen LogP contribution in [0.5, 0.6) is 0 Å². The molecule has 10 nitrogen and oxygen atoms in total. The summed E-state index contributed by atoms with van der Waals surface area (Å²) in [5.74, 6) is -1.17. The number of nitrogens with zero attached hydrogens (tertiary/aromatic N) is 2. The van der Waals surface area contributed by atoms with Crippen LogP contribution in [0.3, 0.4) is 0 Å². The van der Waals surface area contributed by atoms with Crippen LogP contribution < -0.4 is 11.0 Å².